The van der Waals surface area contributed by atoms with Crippen molar-refractivity contribution in [2.75, 3.05) is 39.7 Å². The smallest absolute Gasteiger partial charge is 0.253 e. The van der Waals surface area contributed by atoms with Gasteiger partial charge in [-0.2, -0.15) is 0 Å². The summed E-state index contributed by atoms with van der Waals surface area (Å²) < 4.78 is 6.75. The van der Waals surface area contributed by atoms with Crippen LogP contribution in [0.15, 0.2) is 30.5 Å². The molecule has 0 saturated heterocycles. The van der Waals surface area contributed by atoms with Gasteiger partial charge in [-0.15, -0.1) is 5.10 Å². The zero-order chi connectivity index (χ0) is 17.1. The van der Waals surface area contributed by atoms with E-state index in [0.717, 1.165) is 21.3 Å². The molecule has 0 aliphatic heterocycles. The molecule has 24 heavy (non-hydrogen) atoms. The fourth-order valence-electron chi connectivity index (χ4n) is 2.24. The lowest BCUT2D eigenvalue weighted by molar-refractivity contribution is 0.0827. The topological polar surface area (TPSA) is 71.8 Å². The Morgan fingerprint density at radius 2 is 2.25 bits per heavy atom. The van der Waals surface area contributed by atoms with Gasteiger partial charge in [0.2, 0.25) is 10.1 Å². The molecule has 7 nitrogen and oxygen atoms in total. The van der Waals surface area contributed by atoms with E-state index in [2.05, 4.69) is 15.4 Å². The van der Waals surface area contributed by atoms with Crippen LogP contribution in [0.25, 0.3) is 16.2 Å². The lowest BCUT2D eigenvalue weighted by atomic mass is 10.1. The number of hydrogen-bond acceptors (Lipinski definition) is 6. The molecule has 2 heterocycles. The number of nitrogens with zero attached hydrogens (tertiary/aromatic N) is 4. The van der Waals surface area contributed by atoms with Crippen LogP contribution in [-0.2, 0) is 4.74 Å². The van der Waals surface area contributed by atoms with E-state index >= 15 is 0 Å². The van der Waals surface area contributed by atoms with Crippen LogP contribution >= 0.6 is 11.3 Å². The van der Waals surface area contributed by atoms with Crippen molar-refractivity contribution in [3.8, 4) is 11.3 Å². The minimum atomic E-state index is -0.0272. The summed E-state index contributed by atoms with van der Waals surface area (Å²) in [7, 11) is 5.14. The van der Waals surface area contributed by atoms with E-state index in [4.69, 9.17) is 4.74 Å². The van der Waals surface area contributed by atoms with Crippen molar-refractivity contribution in [3.63, 3.8) is 0 Å². The van der Waals surface area contributed by atoms with E-state index in [1.165, 1.54) is 11.3 Å². The molecule has 1 N–H and O–H groups in total. The molecule has 0 unspecified atom stereocenters. The van der Waals surface area contributed by atoms with Crippen LogP contribution in [-0.4, -0.2) is 59.8 Å². The predicted molar refractivity (Wildman–Crippen MR) is 94.7 cm³/mol. The second-order valence-corrected chi connectivity index (χ2v) is 6.42. The van der Waals surface area contributed by atoms with Crippen LogP contribution in [0.1, 0.15) is 10.4 Å². The zero-order valence-electron chi connectivity index (χ0n) is 13.8. The fraction of sp³-hybridized carbons (Fsp3) is 0.312. The number of anilines is 1. The van der Waals surface area contributed by atoms with Gasteiger partial charge >= 0.3 is 0 Å². The number of imidazole rings is 1. The maximum absolute atomic E-state index is 12.1. The minimum Gasteiger partial charge on any atom is -0.383 e. The number of carbonyl (C=O) groups excluding carboxylic acids is 1. The molecule has 0 aliphatic rings. The second kappa shape index (κ2) is 6.98. The van der Waals surface area contributed by atoms with Crippen LogP contribution < -0.4 is 5.32 Å². The number of rotatable bonds is 6. The van der Waals surface area contributed by atoms with Gasteiger partial charge in [-0.1, -0.05) is 23.5 Å². The summed E-state index contributed by atoms with van der Waals surface area (Å²) in [6.45, 7) is 1.33. The molecule has 0 atom stereocenters. The third kappa shape index (κ3) is 3.39. The standard InChI is InChI=1S/C16H19N5O2S/c1-20(2)14(22)12-6-4-5-11(9-12)13-10-21-16(18-13)24-15(19-21)17-7-8-23-3/h4-6,9-10H,7-8H2,1-3H3,(H,17,19). The summed E-state index contributed by atoms with van der Waals surface area (Å²) in [5.74, 6) is -0.0272. The normalized spacial score (nSPS) is 11.0. The summed E-state index contributed by atoms with van der Waals surface area (Å²) in [6.07, 6.45) is 1.87. The molecule has 0 aliphatic carbocycles. The number of benzene rings is 1. The van der Waals surface area contributed by atoms with Crippen LogP contribution in [0.5, 0.6) is 0 Å². The van der Waals surface area contributed by atoms with Gasteiger partial charge in [0, 0.05) is 38.9 Å². The van der Waals surface area contributed by atoms with E-state index < -0.39 is 0 Å². The molecule has 0 spiro atoms. The van der Waals surface area contributed by atoms with Gasteiger partial charge in [-0.05, 0) is 12.1 Å². The Morgan fingerprint density at radius 1 is 1.42 bits per heavy atom. The molecule has 0 saturated carbocycles. The van der Waals surface area contributed by atoms with Crippen LogP contribution in [0.2, 0.25) is 0 Å². The molecule has 1 aromatic carbocycles. The molecule has 0 fully saturated rings. The van der Waals surface area contributed by atoms with Crippen molar-refractivity contribution in [1.29, 1.82) is 0 Å². The first-order chi connectivity index (χ1) is 11.6. The lowest BCUT2D eigenvalue weighted by Gasteiger charge is -2.10. The number of carbonyl (C=O) groups is 1. The first kappa shape index (κ1) is 16.4. The molecule has 3 aromatic rings. The first-order valence-electron chi connectivity index (χ1n) is 7.49. The van der Waals surface area contributed by atoms with Crippen LogP contribution in [0, 0.1) is 0 Å². The lowest BCUT2D eigenvalue weighted by Crippen LogP contribution is -2.21. The Hall–Kier alpha value is -2.45. The van der Waals surface area contributed by atoms with Crippen LogP contribution in [0.3, 0.4) is 0 Å². The fourth-order valence-corrected chi connectivity index (χ4v) is 3.05. The molecule has 3 rings (SSSR count). The molecule has 2 aromatic heterocycles. The number of nitrogens with one attached hydrogen (secondary N) is 1. The third-order valence-electron chi connectivity index (χ3n) is 3.44. The Balaban J connectivity index is 1.83. The molecule has 1 amide bonds. The van der Waals surface area contributed by atoms with Crippen LogP contribution in [0.4, 0.5) is 5.13 Å². The summed E-state index contributed by atoms with van der Waals surface area (Å²) >= 11 is 1.48. The maximum atomic E-state index is 12.1. The Bertz CT molecular complexity index is 824. The van der Waals surface area contributed by atoms with Crippen molar-refractivity contribution < 1.29 is 9.53 Å². The summed E-state index contributed by atoms with van der Waals surface area (Å²) in [5, 5.41) is 8.44. The number of hydrogen-bond donors (Lipinski definition) is 1. The molecular weight excluding hydrogens is 326 g/mol. The Morgan fingerprint density at radius 3 is 2.96 bits per heavy atom. The number of fused-ring (bicyclic) bond motifs is 1. The van der Waals surface area contributed by atoms with Crippen molar-refractivity contribution >= 4 is 27.3 Å². The van der Waals surface area contributed by atoms with Gasteiger partial charge in [0.25, 0.3) is 5.91 Å². The van der Waals surface area contributed by atoms with E-state index in [0.29, 0.717) is 18.7 Å². The third-order valence-corrected chi connectivity index (χ3v) is 4.32. The quantitative estimate of drug-likeness (QED) is 0.694. The number of methoxy groups -OCH3 is 1. The van der Waals surface area contributed by atoms with Gasteiger partial charge in [0.15, 0.2) is 0 Å². The summed E-state index contributed by atoms with van der Waals surface area (Å²) in [6, 6.07) is 7.47. The second-order valence-electron chi connectivity index (χ2n) is 5.46. The largest absolute Gasteiger partial charge is 0.383 e. The molecule has 0 bridgehead atoms. The van der Waals surface area contributed by atoms with Crippen molar-refractivity contribution in [2.45, 2.75) is 0 Å². The highest BCUT2D eigenvalue weighted by Gasteiger charge is 2.12. The van der Waals surface area contributed by atoms with Gasteiger partial charge in [0.05, 0.1) is 18.5 Å². The van der Waals surface area contributed by atoms with E-state index in [1.807, 2.05) is 24.4 Å². The first-order valence-corrected chi connectivity index (χ1v) is 8.31. The SMILES string of the molecule is COCCNc1nn2cc(-c3cccc(C(=O)N(C)C)c3)nc2s1. The molecule has 8 heteroatoms. The van der Waals surface area contributed by atoms with Gasteiger partial charge in [-0.3, -0.25) is 4.79 Å². The van der Waals surface area contributed by atoms with E-state index in [9.17, 15) is 4.79 Å². The average molecular weight is 345 g/mol. The number of ether oxygens (including phenoxy) is 1. The summed E-state index contributed by atoms with van der Waals surface area (Å²) in [5.41, 5.74) is 2.34. The van der Waals surface area contributed by atoms with Crippen molar-refractivity contribution in [1.82, 2.24) is 19.5 Å². The van der Waals surface area contributed by atoms with Gasteiger partial charge in [0.1, 0.15) is 0 Å². The van der Waals surface area contributed by atoms with Gasteiger partial charge in [-0.25, -0.2) is 9.50 Å². The average Bonchev–Trinajstić information content (AvgIpc) is 3.13. The molecule has 126 valence electrons. The highest BCUT2D eigenvalue weighted by Crippen LogP contribution is 2.25. The highest BCUT2D eigenvalue weighted by molar-refractivity contribution is 7.20. The highest BCUT2D eigenvalue weighted by atomic mass is 32.1. The summed E-state index contributed by atoms with van der Waals surface area (Å²) in [4.78, 5) is 19.1. The number of amides is 1. The number of aromatic nitrogens is 3. The monoisotopic (exact) mass is 345 g/mol. The zero-order valence-corrected chi connectivity index (χ0v) is 14.6. The molecule has 0 radical (unpaired) electrons. The van der Waals surface area contributed by atoms with E-state index in [1.54, 1.807) is 36.7 Å². The minimum absolute atomic E-state index is 0.0272. The Labute approximate surface area is 143 Å². The molecular formula is C16H19N5O2S. The Kier molecular flexibility index (Phi) is 4.77. The van der Waals surface area contributed by atoms with E-state index in [-0.39, 0.29) is 5.91 Å². The predicted octanol–water partition coefficient (Wildman–Crippen LogP) is 2.22. The van der Waals surface area contributed by atoms with Crippen molar-refractivity contribution in [2.24, 2.45) is 0 Å². The maximum Gasteiger partial charge on any atom is 0.253 e. The van der Waals surface area contributed by atoms with Gasteiger partial charge < -0.3 is 15.0 Å². The van der Waals surface area contributed by atoms with Crippen molar-refractivity contribution in [3.05, 3.63) is 36.0 Å².